The van der Waals surface area contributed by atoms with E-state index in [0.717, 1.165) is 74.5 Å². The number of anilines is 1. The molecule has 1 aliphatic carbocycles. The summed E-state index contributed by atoms with van der Waals surface area (Å²) in [4.78, 5) is 18.2. The predicted molar refractivity (Wildman–Crippen MR) is 142 cm³/mol. The molecule has 1 aliphatic heterocycles. The van der Waals surface area contributed by atoms with Crippen molar-refractivity contribution < 1.29 is 9.47 Å². The lowest BCUT2D eigenvalue weighted by molar-refractivity contribution is 0.198. The molecular formula is C24H35IN6O2. The van der Waals surface area contributed by atoms with Crippen molar-refractivity contribution in [1.29, 1.82) is 0 Å². The molecular weight excluding hydrogens is 531 g/mol. The molecule has 9 heteroatoms. The SMILES string of the molecule is CCNC(=NCc1cccc(OC)c1OC1CCCC1)N1CCN(c2ncccn2)CC1.I. The fraction of sp³-hybridized carbons (Fsp3) is 0.542. The molecule has 2 heterocycles. The highest BCUT2D eigenvalue weighted by atomic mass is 127. The summed E-state index contributed by atoms with van der Waals surface area (Å²) in [6, 6.07) is 7.91. The second-order valence-electron chi connectivity index (χ2n) is 8.17. The summed E-state index contributed by atoms with van der Waals surface area (Å²) in [5, 5.41) is 3.45. The molecule has 0 atom stereocenters. The van der Waals surface area contributed by atoms with Gasteiger partial charge in [-0.3, -0.25) is 0 Å². The first-order chi connectivity index (χ1) is 15.8. The van der Waals surface area contributed by atoms with Crippen LogP contribution in [0, 0.1) is 0 Å². The quantitative estimate of drug-likeness (QED) is 0.311. The van der Waals surface area contributed by atoms with Crippen molar-refractivity contribution in [1.82, 2.24) is 20.2 Å². The Kier molecular flexibility index (Phi) is 9.83. The monoisotopic (exact) mass is 566 g/mol. The molecule has 1 saturated heterocycles. The van der Waals surface area contributed by atoms with E-state index in [4.69, 9.17) is 14.5 Å². The molecule has 2 fully saturated rings. The van der Waals surface area contributed by atoms with E-state index in [9.17, 15) is 0 Å². The largest absolute Gasteiger partial charge is 0.493 e. The van der Waals surface area contributed by atoms with Gasteiger partial charge in [0.2, 0.25) is 5.95 Å². The van der Waals surface area contributed by atoms with Gasteiger partial charge in [0.05, 0.1) is 19.8 Å². The Morgan fingerprint density at radius 1 is 1.09 bits per heavy atom. The zero-order chi connectivity index (χ0) is 22.2. The maximum atomic E-state index is 6.38. The van der Waals surface area contributed by atoms with Crippen LogP contribution in [0.15, 0.2) is 41.7 Å². The average molecular weight is 566 g/mol. The lowest BCUT2D eigenvalue weighted by Gasteiger charge is -2.36. The van der Waals surface area contributed by atoms with Crippen LogP contribution in [0.2, 0.25) is 0 Å². The number of ether oxygens (including phenoxy) is 2. The molecule has 8 nitrogen and oxygen atoms in total. The Labute approximate surface area is 213 Å². The molecule has 1 saturated carbocycles. The molecule has 2 aliphatic rings. The fourth-order valence-electron chi connectivity index (χ4n) is 4.31. The number of nitrogens with zero attached hydrogens (tertiary/aromatic N) is 5. The van der Waals surface area contributed by atoms with E-state index in [1.165, 1.54) is 12.8 Å². The molecule has 1 aromatic carbocycles. The number of hydrogen-bond acceptors (Lipinski definition) is 6. The summed E-state index contributed by atoms with van der Waals surface area (Å²) in [5.74, 6) is 3.34. The molecule has 33 heavy (non-hydrogen) atoms. The number of nitrogens with one attached hydrogen (secondary N) is 1. The van der Waals surface area contributed by atoms with Gasteiger partial charge >= 0.3 is 0 Å². The molecule has 1 N–H and O–H groups in total. The number of benzene rings is 1. The van der Waals surface area contributed by atoms with Crippen molar-refractivity contribution in [3.63, 3.8) is 0 Å². The van der Waals surface area contributed by atoms with Crippen LogP contribution < -0.4 is 19.7 Å². The fourth-order valence-corrected chi connectivity index (χ4v) is 4.31. The van der Waals surface area contributed by atoms with E-state index in [1.54, 1.807) is 19.5 Å². The first kappa shape index (κ1) is 25.3. The maximum absolute atomic E-state index is 6.38. The lowest BCUT2D eigenvalue weighted by Crippen LogP contribution is -2.53. The molecule has 0 radical (unpaired) electrons. The molecule has 2 aromatic rings. The number of aliphatic imine (C=N–C) groups is 1. The molecule has 0 unspecified atom stereocenters. The summed E-state index contributed by atoms with van der Waals surface area (Å²) in [6.07, 6.45) is 8.54. The zero-order valence-electron chi connectivity index (χ0n) is 19.6. The van der Waals surface area contributed by atoms with Crippen molar-refractivity contribution in [3.05, 3.63) is 42.2 Å². The van der Waals surface area contributed by atoms with Gasteiger partial charge in [-0.1, -0.05) is 12.1 Å². The standard InChI is InChI=1S/C24H34N6O2.HI/c1-3-25-23(29-14-16-30(17-15-29)24-26-12-7-13-27-24)28-18-19-8-6-11-21(31-2)22(19)32-20-9-4-5-10-20;/h6-8,11-13,20H,3-5,9-10,14-18H2,1-2H3,(H,25,28);1H. The Morgan fingerprint density at radius 3 is 2.48 bits per heavy atom. The number of rotatable bonds is 7. The summed E-state index contributed by atoms with van der Waals surface area (Å²) in [6.45, 7) is 6.94. The number of piperazine rings is 1. The van der Waals surface area contributed by atoms with E-state index in [0.29, 0.717) is 6.54 Å². The molecule has 4 rings (SSSR count). The van der Waals surface area contributed by atoms with Crippen LogP contribution in [0.25, 0.3) is 0 Å². The Bertz CT molecular complexity index is 884. The summed E-state index contributed by atoms with van der Waals surface area (Å²) >= 11 is 0. The highest BCUT2D eigenvalue weighted by Gasteiger charge is 2.23. The Balaban J connectivity index is 0.00000306. The van der Waals surface area contributed by atoms with Crippen molar-refractivity contribution >= 4 is 35.9 Å². The molecule has 0 spiro atoms. The number of methoxy groups -OCH3 is 1. The van der Waals surface area contributed by atoms with Crippen molar-refractivity contribution in [2.24, 2.45) is 4.99 Å². The number of guanidine groups is 1. The third-order valence-corrected chi connectivity index (χ3v) is 6.02. The van der Waals surface area contributed by atoms with Crippen LogP contribution >= 0.6 is 24.0 Å². The van der Waals surface area contributed by atoms with Crippen LogP contribution in [-0.4, -0.2) is 66.8 Å². The van der Waals surface area contributed by atoms with Crippen LogP contribution in [0.3, 0.4) is 0 Å². The van der Waals surface area contributed by atoms with Gasteiger partial charge in [0, 0.05) is 50.7 Å². The predicted octanol–water partition coefficient (Wildman–Crippen LogP) is 3.71. The van der Waals surface area contributed by atoms with Crippen molar-refractivity contribution in [3.8, 4) is 11.5 Å². The van der Waals surface area contributed by atoms with Crippen molar-refractivity contribution in [2.45, 2.75) is 45.3 Å². The van der Waals surface area contributed by atoms with Gasteiger partial charge in [0.25, 0.3) is 0 Å². The van der Waals surface area contributed by atoms with Crippen LogP contribution in [0.5, 0.6) is 11.5 Å². The van der Waals surface area contributed by atoms with E-state index in [-0.39, 0.29) is 30.1 Å². The zero-order valence-corrected chi connectivity index (χ0v) is 21.9. The van der Waals surface area contributed by atoms with E-state index in [2.05, 4.69) is 38.1 Å². The van der Waals surface area contributed by atoms with E-state index < -0.39 is 0 Å². The van der Waals surface area contributed by atoms with E-state index >= 15 is 0 Å². The van der Waals surface area contributed by atoms with Gasteiger partial charge < -0.3 is 24.6 Å². The first-order valence-corrected chi connectivity index (χ1v) is 11.7. The normalized spacial score (nSPS) is 17.0. The Morgan fingerprint density at radius 2 is 1.82 bits per heavy atom. The summed E-state index contributed by atoms with van der Waals surface area (Å²) in [5.41, 5.74) is 1.06. The second-order valence-corrected chi connectivity index (χ2v) is 8.17. The average Bonchev–Trinajstić information content (AvgIpc) is 3.36. The minimum Gasteiger partial charge on any atom is -0.493 e. The van der Waals surface area contributed by atoms with E-state index in [1.807, 2.05) is 18.2 Å². The third kappa shape index (κ3) is 6.61. The Hall–Kier alpha value is -2.30. The van der Waals surface area contributed by atoms with Crippen molar-refractivity contribution in [2.75, 3.05) is 44.7 Å². The summed E-state index contributed by atoms with van der Waals surface area (Å²) < 4.78 is 12.0. The van der Waals surface area contributed by atoms with Crippen LogP contribution in [0.1, 0.15) is 38.2 Å². The molecule has 1 aromatic heterocycles. The van der Waals surface area contributed by atoms with Gasteiger partial charge in [0.1, 0.15) is 0 Å². The molecule has 0 amide bonds. The molecule has 180 valence electrons. The minimum absolute atomic E-state index is 0. The lowest BCUT2D eigenvalue weighted by atomic mass is 10.1. The summed E-state index contributed by atoms with van der Waals surface area (Å²) in [7, 11) is 1.70. The molecule has 0 bridgehead atoms. The van der Waals surface area contributed by atoms with Crippen LogP contribution in [0.4, 0.5) is 5.95 Å². The topological polar surface area (TPSA) is 75.1 Å². The van der Waals surface area contributed by atoms with Gasteiger partial charge in [-0.15, -0.1) is 24.0 Å². The van der Waals surface area contributed by atoms with Crippen LogP contribution in [-0.2, 0) is 6.54 Å². The maximum Gasteiger partial charge on any atom is 0.225 e. The second kappa shape index (κ2) is 12.8. The highest BCUT2D eigenvalue weighted by molar-refractivity contribution is 14.0. The third-order valence-electron chi connectivity index (χ3n) is 6.02. The number of hydrogen-bond donors (Lipinski definition) is 1. The van der Waals surface area contributed by atoms with Gasteiger partial charge in [-0.05, 0) is 44.7 Å². The first-order valence-electron chi connectivity index (χ1n) is 11.7. The van der Waals surface area contributed by atoms with Gasteiger partial charge in [-0.2, -0.15) is 0 Å². The number of para-hydroxylation sites is 1. The number of aromatic nitrogens is 2. The van der Waals surface area contributed by atoms with Gasteiger partial charge in [-0.25, -0.2) is 15.0 Å². The van der Waals surface area contributed by atoms with Gasteiger partial charge in [0.15, 0.2) is 17.5 Å². The highest BCUT2D eigenvalue weighted by Crippen LogP contribution is 2.35. The number of halogens is 1. The minimum atomic E-state index is 0. The smallest absolute Gasteiger partial charge is 0.225 e.